The van der Waals surface area contributed by atoms with Gasteiger partial charge in [0.1, 0.15) is 10.8 Å². The average Bonchev–Trinajstić information content (AvgIpc) is 2.79. The summed E-state index contributed by atoms with van der Waals surface area (Å²) in [5, 5.41) is 9.99. The number of aromatic nitrogens is 1. The number of benzene rings is 1. The predicted octanol–water partition coefficient (Wildman–Crippen LogP) is 2.12. The van der Waals surface area contributed by atoms with E-state index < -0.39 is 0 Å². The SMILES string of the molecule is COc1ccccc1-c1nc(C)c(C(N)CO)s1. The van der Waals surface area contributed by atoms with Crippen LogP contribution in [0.3, 0.4) is 0 Å². The van der Waals surface area contributed by atoms with E-state index in [2.05, 4.69) is 4.98 Å². The Kier molecular flexibility index (Phi) is 3.96. The van der Waals surface area contributed by atoms with Gasteiger partial charge in [0.05, 0.1) is 31.0 Å². The number of rotatable bonds is 4. The molecule has 96 valence electrons. The number of aliphatic hydroxyl groups is 1. The van der Waals surface area contributed by atoms with Gasteiger partial charge >= 0.3 is 0 Å². The molecule has 1 heterocycles. The Morgan fingerprint density at radius 1 is 1.44 bits per heavy atom. The molecule has 0 saturated heterocycles. The van der Waals surface area contributed by atoms with E-state index >= 15 is 0 Å². The smallest absolute Gasteiger partial charge is 0.129 e. The van der Waals surface area contributed by atoms with Gasteiger partial charge in [-0.25, -0.2) is 4.98 Å². The van der Waals surface area contributed by atoms with Crippen LogP contribution in [0.15, 0.2) is 24.3 Å². The molecule has 0 fully saturated rings. The molecule has 2 aromatic rings. The highest BCUT2D eigenvalue weighted by molar-refractivity contribution is 7.15. The standard InChI is InChI=1S/C13H16N2O2S/c1-8-12(10(14)7-16)18-13(15-8)9-5-3-4-6-11(9)17-2/h3-6,10,16H,7,14H2,1-2H3. The Morgan fingerprint density at radius 2 is 2.17 bits per heavy atom. The summed E-state index contributed by atoms with van der Waals surface area (Å²) in [5.41, 5.74) is 7.66. The van der Waals surface area contributed by atoms with E-state index in [-0.39, 0.29) is 12.6 Å². The van der Waals surface area contributed by atoms with Crippen molar-refractivity contribution in [1.82, 2.24) is 4.98 Å². The van der Waals surface area contributed by atoms with Gasteiger partial charge in [0.25, 0.3) is 0 Å². The van der Waals surface area contributed by atoms with E-state index in [0.29, 0.717) is 0 Å². The number of aryl methyl sites for hydroxylation is 1. The Balaban J connectivity index is 2.46. The van der Waals surface area contributed by atoms with Gasteiger partial charge in [-0.15, -0.1) is 11.3 Å². The lowest BCUT2D eigenvalue weighted by atomic mass is 10.2. The van der Waals surface area contributed by atoms with E-state index in [1.165, 1.54) is 11.3 Å². The molecule has 0 aliphatic carbocycles. The summed E-state index contributed by atoms with van der Waals surface area (Å²) < 4.78 is 5.32. The summed E-state index contributed by atoms with van der Waals surface area (Å²) >= 11 is 1.50. The van der Waals surface area contributed by atoms with Crippen LogP contribution in [0.4, 0.5) is 0 Å². The third-order valence-electron chi connectivity index (χ3n) is 2.70. The zero-order valence-electron chi connectivity index (χ0n) is 10.4. The predicted molar refractivity (Wildman–Crippen MR) is 72.9 cm³/mol. The molecule has 0 amide bonds. The number of aliphatic hydroxyl groups excluding tert-OH is 1. The molecular weight excluding hydrogens is 248 g/mol. The fourth-order valence-electron chi connectivity index (χ4n) is 1.77. The maximum atomic E-state index is 9.12. The molecule has 0 aliphatic rings. The topological polar surface area (TPSA) is 68.4 Å². The molecule has 3 N–H and O–H groups in total. The second kappa shape index (κ2) is 5.48. The fourth-order valence-corrected chi connectivity index (χ4v) is 2.86. The van der Waals surface area contributed by atoms with E-state index in [9.17, 15) is 0 Å². The first-order valence-corrected chi connectivity index (χ1v) is 6.46. The molecule has 0 aliphatic heterocycles. The van der Waals surface area contributed by atoms with Crippen molar-refractivity contribution in [3.63, 3.8) is 0 Å². The van der Waals surface area contributed by atoms with Crippen molar-refractivity contribution in [2.75, 3.05) is 13.7 Å². The quantitative estimate of drug-likeness (QED) is 0.887. The van der Waals surface area contributed by atoms with Gasteiger partial charge in [0.15, 0.2) is 0 Å². The van der Waals surface area contributed by atoms with Crippen molar-refractivity contribution < 1.29 is 9.84 Å². The van der Waals surface area contributed by atoms with Gasteiger partial charge in [0, 0.05) is 4.88 Å². The van der Waals surface area contributed by atoms with E-state index in [1.54, 1.807) is 7.11 Å². The minimum atomic E-state index is -0.369. The molecular formula is C13H16N2O2S. The Hall–Kier alpha value is -1.43. The van der Waals surface area contributed by atoms with Crippen molar-refractivity contribution >= 4 is 11.3 Å². The molecule has 0 radical (unpaired) electrons. The number of nitrogens with zero attached hydrogens (tertiary/aromatic N) is 1. The summed E-state index contributed by atoms with van der Waals surface area (Å²) in [6, 6.07) is 7.36. The Labute approximate surface area is 110 Å². The van der Waals surface area contributed by atoms with Crippen LogP contribution in [0.2, 0.25) is 0 Å². The van der Waals surface area contributed by atoms with E-state index in [0.717, 1.165) is 26.9 Å². The van der Waals surface area contributed by atoms with Gasteiger partial charge in [-0.1, -0.05) is 12.1 Å². The molecule has 0 bridgehead atoms. The Morgan fingerprint density at radius 3 is 2.83 bits per heavy atom. The lowest BCUT2D eigenvalue weighted by molar-refractivity contribution is 0.269. The molecule has 5 heteroatoms. The van der Waals surface area contributed by atoms with Crippen LogP contribution >= 0.6 is 11.3 Å². The van der Waals surface area contributed by atoms with Crippen LogP contribution in [-0.2, 0) is 0 Å². The summed E-state index contributed by atoms with van der Waals surface area (Å²) in [7, 11) is 1.64. The monoisotopic (exact) mass is 264 g/mol. The molecule has 0 spiro atoms. The lowest BCUT2D eigenvalue weighted by Crippen LogP contribution is -2.13. The van der Waals surface area contributed by atoms with Gasteiger partial charge in [-0.3, -0.25) is 0 Å². The van der Waals surface area contributed by atoms with E-state index in [4.69, 9.17) is 15.6 Å². The first kappa shape index (κ1) is 13.0. The molecule has 2 rings (SSSR count). The maximum Gasteiger partial charge on any atom is 0.129 e. The highest BCUT2D eigenvalue weighted by Crippen LogP contribution is 2.35. The molecule has 0 saturated carbocycles. The number of methoxy groups -OCH3 is 1. The van der Waals surface area contributed by atoms with Gasteiger partial charge in [-0.05, 0) is 19.1 Å². The van der Waals surface area contributed by atoms with E-state index in [1.807, 2.05) is 31.2 Å². The van der Waals surface area contributed by atoms with Gasteiger partial charge in [0.2, 0.25) is 0 Å². The molecule has 4 nitrogen and oxygen atoms in total. The second-order valence-corrected chi connectivity index (χ2v) is 4.99. The molecule has 1 unspecified atom stereocenters. The molecule has 1 atom stereocenters. The van der Waals surface area contributed by atoms with Crippen LogP contribution in [0.5, 0.6) is 5.75 Å². The minimum Gasteiger partial charge on any atom is -0.496 e. The van der Waals surface area contributed by atoms with Crippen LogP contribution in [0, 0.1) is 6.92 Å². The third kappa shape index (κ3) is 2.38. The first-order valence-electron chi connectivity index (χ1n) is 5.64. The average molecular weight is 264 g/mol. The number of thiazole rings is 1. The van der Waals surface area contributed by atoms with Crippen molar-refractivity contribution in [2.24, 2.45) is 5.73 Å². The maximum absolute atomic E-state index is 9.12. The zero-order valence-corrected chi connectivity index (χ0v) is 11.2. The van der Waals surface area contributed by atoms with Crippen molar-refractivity contribution in [1.29, 1.82) is 0 Å². The number of hydrogen-bond donors (Lipinski definition) is 2. The summed E-state index contributed by atoms with van der Waals surface area (Å²) in [5.74, 6) is 0.787. The molecule has 1 aromatic carbocycles. The number of hydrogen-bond acceptors (Lipinski definition) is 5. The molecule has 1 aromatic heterocycles. The lowest BCUT2D eigenvalue weighted by Gasteiger charge is -2.05. The largest absolute Gasteiger partial charge is 0.496 e. The van der Waals surface area contributed by atoms with Crippen LogP contribution in [0.25, 0.3) is 10.6 Å². The third-order valence-corrected chi connectivity index (χ3v) is 4.03. The summed E-state index contributed by atoms with van der Waals surface area (Å²) in [6.07, 6.45) is 0. The summed E-state index contributed by atoms with van der Waals surface area (Å²) in [4.78, 5) is 5.42. The number of para-hydroxylation sites is 1. The number of nitrogens with two attached hydrogens (primary N) is 1. The zero-order chi connectivity index (χ0) is 13.1. The van der Waals surface area contributed by atoms with Gasteiger partial charge in [-0.2, -0.15) is 0 Å². The van der Waals surface area contributed by atoms with Gasteiger partial charge < -0.3 is 15.6 Å². The summed E-state index contributed by atoms with van der Waals surface area (Å²) in [6.45, 7) is 1.83. The normalized spacial score (nSPS) is 12.4. The fraction of sp³-hybridized carbons (Fsp3) is 0.308. The van der Waals surface area contributed by atoms with Crippen LogP contribution in [0.1, 0.15) is 16.6 Å². The molecule has 18 heavy (non-hydrogen) atoms. The Bertz CT molecular complexity index is 540. The van der Waals surface area contributed by atoms with Crippen LogP contribution in [-0.4, -0.2) is 23.8 Å². The number of ether oxygens (including phenoxy) is 1. The highest BCUT2D eigenvalue weighted by atomic mass is 32.1. The van der Waals surface area contributed by atoms with Crippen molar-refractivity contribution in [2.45, 2.75) is 13.0 Å². The van der Waals surface area contributed by atoms with Crippen LogP contribution < -0.4 is 10.5 Å². The first-order chi connectivity index (χ1) is 8.67. The highest BCUT2D eigenvalue weighted by Gasteiger charge is 2.16. The van der Waals surface area contributed by atoms with Crippen molar-refractivity contribution in [3.8, 4) is 16.3 Å². The second-order valence-electron chi connectivity index (χ2n) is 3.96. The minimum absolute atomic E-state index is 0.0750. The van der Waals surface area contributed by atoms with Crippen molar-refractivity contribution in [3.05, 3.63) is 34.8 Å².